The molecule has 0 saturated carbocycles. The van der Waals surface area contributed by atoms with Gasteiger partial charge in [0.15, 0.2) is 9.84 Å². The number of carbonyl (C=O) groups excluding carboxylic acids is 1. The molecule has 0 spiro atoms. The Morgan fingerprint density at radius 2 is 2.00 bits per heavy atom. The molecule has 0 fully saturated rings. The van der Waals surface area contributed by atoms with Gasteiger partial charge in [0.25, 0.3) is 0 Å². The molecular formula is C12H19N3O4S. The fourth-order valence-corrected chi connectivity index (χ4v) is 2.85. The highest BCUT2D eigenvalue weighted by Crippen LogP contribution is 2.22. The SMILES string of the molecule is CC(C)(C)OC(=O)N1CCn2ncc(S(C)(=O)=O)c2C1. The molecular weight excluding hydrogens is 282 g/mol. The Balaban J connectivity index is 2.22. The molecule has 1 aromatic heterocycles. The minimum Gasteiger partial charge on any atom is -0.444 e. The average molecular weight is 301 g/mol. The fourth-order valence-electron chi connectivity index (χ4n) is 2.01. The van der Waals surface area contributed by atoms with Gasteiger partial charge in [0, 0.05) is 12.8 Å². The van der Waals surface area contributed by atoms with Crippen molar-refractivity contribution in [3.63, 3.8) is 0 Å². The van der Waals surface area contributed by atoms with Crippen molar-refractivity contribution < 1.29 is 17.9 Å². The van der Waals surface area contributed by atoms with Gasteiger partial charge in [0.2, 0.25) is 0 Å². The summed E-state index contributed by atoms with van der Waals surface area (Å²) in [5.41, 5.74) is -0.0429. The van der Waals surface area contributed by atoms with Crippen molar-refractivity contribution in [3.8, 4) is 0 Å². The molecule has 1 amide bonds. The zero-order chi connectivity index (χ0) is 15.1. The first-order valence-corrected chi connectivity index (χ1v) is 8.20. The molecule has 2 rings (SSSR count). The first kappa shape index (κ1) is 14.8. The summed E-state index contributed by atoms with van der Waals surface area (Å²) in [5.74, 6) is 0. The maximum absolute atomic E-state index is 12.0. The molecule has 0 N–H and O–H groups in total. The van der Waals surface area contributed by atoms with Crippen molar-refractivity contribution in [1.82, 2.24) is 14.7 Å². The van der Waals surface area contributed by atoms with Crippen molar-refractivity contribution in [2.24, 2.45) is 0 Å². The summed E-state index contributed by atoms with van der Waals surface area (Å²) >= 11 is 0. The molecule has 20 heavy (non-hydrogen) atoms. The highest BCUT2D eigenvalue weighted by Gasteiger charge is 2.29. The van der Waals surface area contributed by atoms with E-state index in [2.05, 4.69) is 5.10 Å². The van der Waals surface area contributed by atoms with Crippen LogP contribution in [-0.2, 0) is 27.7 Å². The van der Waals surface area contributed by atoms with Crippen LogP contribution in [0.2, 0.25) is 0 Å². The second-order valence-electron chi connectivity index (χ2n) is 5.85. The van der Waals surface area contributed by atoms with Crippen LogP contribution in [0.1, 0.15) is 26.5 Å². The van der Waals surface area contributed by atoms with Crippen LogP contribution in [0.4, 0.5) is 4.79 Å². The third-order valence-electron chi connectivity index (χ3n) is 2.88. The molecule has 1 aromatic rings. The minimum atomic E-state index is -3.35. The Bertz CT molecular complexity index is 628. The van der Waals surface area contributed by atoms with Gasteiger partial charge in [-0.3, -0.25) is 4.68 Å². The maximum atomic E-state index is 12.0. The number of fused-ring (bicyclic) bond motifs is 1. The van der Waals surface area contributed by atoms with Gasteiger partial charge in [-0.05, 0) is 20.8 Å². The molecule has 0 aliphatic carbocycles. The van der Waals surface area contributed by atoms with E-state index in [1.165, 1.54) is 11.1 Å². The van der Waals surface area contributed by atoms with E-state index in [1.807, 2.05) is 0 Å². The van der Waals surface area contributed by atoms with Crippen LogP contribution in [0, 0.1) is 0 Å². The monoisotopic (exact) mass is 301 g/mol. The number of carbonyl (C=O) groups is 1. The Morgan fingerprint density at radius 3 is 2.55 bits per heavy atom. The quantitative estimate of drug-likeness (QED) is 0.774. The summed E-state index contributed by atoms with van der Waals surface area (Å²) in [6, 6.07) is 0. The molecule has 0 bridgehead atoms. The lowest BCUT2D eigenvalue weighted by atomic mass is 10.2. The molecule has 7 nitrogen and oxygen atoms in total. The predicted octanol–water partition coefficient (Wildman–Crippen LogP) is 1.04. The van der Waals surface area contributed by atoms with Crippen LogP contribution >= 0.6 is 0 Å². The van der Waals surface area contributed by atoms with Crippen LogP contribution in [0.15, 0.2) is 11.1 Å². The van der Waals surface area contributed by atoms with Crippen molar-refractivity contribution in [3.05, 3.63) is 11.9 Å². The van der Waals surface area contributed by atoms with E-state index in [-0.39, 0.29) is 11.4 Å². The molecule has 2 heterocycles. The number of aromatic nitrogens is 2. The van der Waals surface area contributed by atoms with Gasteiger partial charge in [0.05, 0.1) is 25.0 Å². The van der Waals surface area contributed by atoms with Crippen molar-refractivity contribution in [2.75, 3.05) is 12.8 Å². The summed E-state index contributed by atoms with van der Waals surface area (Å²) in [6.07, 6.45) is 2.03. The second-order valence-corrected chi connectivity index (χ2v) is 7.84. The zero-order valence-corrected chi connectivity index (χ0v) is 12.9. The third-order valence-corrected chi connectivity index (χ3v) is 4.02. The molecule has 0 aromatic carbocycles. The van der Waals surface area contributed by atoms with E-state index in [1.54, 1.807) is 25.5 Å². The first-order valence-electron chi connectivity index (χ1n) is 6.30. The van der Waals surface area contributed by atoms with Gasteiger partial charge in [-0.1, -0.05) is 0 Å². The van der Waals surface area contributed by atoms with Gasteiger partial charge >= 0.3 is 6.09 Å². The van der Waals surface area contributed by atoms with Gasteiger partial charge in [-0.2, -0.15) is 5.10 Å². The standard InChI is InChI=1S/C12H19N3O4S/c1-12(2,3)19-11(16)14-5-6-15-9(8-14)10(7-13-15)20(4,17)18/h7H,5-6,8H2,1-4H3. The van der Waals surface area contributed by atoms with E-state index in [4.69, 9.17) is 4.74 Å². The minimum absolute atomic E-state index is 0.172. The summed E-state index contributed by atoms with van der Waals surface area (Å²) in [4.78, 5) is 13.7. The number of amides is 1. The van der Waals surface area contributed by atoms with E-state index >= 15 is 0 Å². The molecule has 0 saturated heterocycles. The predicted molar refractivity (Wildman–Crippen MR) is 72.0 cm³/mol. The molecule has 1 aliphatic heterocycles. The van der Waals surface area contributed by atoms with Gasteiger partial charge in [0.1, 0.15) is 10.5 Å². The third kappa shape index (κ3) is 3.12. The lowest BCUT2D eigenvalue weighted by Gasteiger charge is -2.30. The van der Waals surface area contributed by atoms with Crippen LogP contribution in [0.3, 0.4) is 0 Å². The van der Waals surface area contributed by atoms with Crippen molar-refractivity contribution in [1.29, 1.82) is 0 Å². The highest BCUT2D eigenvalue weighted by molar-refractivity contribution is 7.90. The number of ether oxygens (including phenoxy) is 1. The van der Waals surface area contributed by atoms with E-state index in [9.17, 15) is 13.2 Å². The average Bonchev–Trinajstić information content (AvgIpc) is 2.68. The lowest BCUT2D eigenvalue weighted by molar-refractivity contribution is 0.0192. The van der Waals surface area contributed by atoms with Crippen LogP contribution < -0.4 is 0 Å². The highest BCUT2D eigenvalue weighted by atomic mass is 32.2. The molecule has 0 atom stereocenters. The largest absolute Gasteiger partial charge is 0.444 e. The lowest BCUT2D eigenvalue weighted by Crippen LogP contribution is -2.41. The summed E-state index contributed by atoms with van der Waals surface area (Å²) < 4.78 is 30.3. The van der Waals surface area contributed by atoms with Crippen LogP contribution in [-0.4, -0.2) is 47.6 Å². The van der Waals surface area contributed by atoms with Crippen molar-refractivity contribution >= 4 is 15.9 Å². The Labute approximate surface area is 118 Å². The zero-order valence-electron chi connectivity index (χ0n) is 12.1. The van der Waals surface area contributed by atoms with Crippen LogP contribution in [0.5, 0.6) is 0 Å². The Morgan fingerprint density at radius 1 is 1.35 bits per heavy atom. The van der Waals surface area contributed by atoms with Gasteiger partial charge in [-0.25, -0.2) is 13.2 Å². The van der Waals surface area contributed by atoms with Gasteiger partial charge < -0.3 is 9.64 Å². The molecule has 0 unspecified atom stereocenters. The number of hydrogen-bond acceptors (Lipinski definition) is 5. The van der Waals surface area contributed by atoms with Crippen molar-refractivity contribution in [2.45, 2.75) is 44.4 Å². The molecule has 8 heteroatoms. The molecule has 112 valence electrons. The number of sulfone groups is 1. The summed E-state index contributed by atoms with van der Waals surface area (Å²) in [6.45, 7) is 6.48. The van der Waals surface area contributed by atoms with Crippen LogP contribution in [0.25, 0.3) is 0 Å². The summed E-state index contributed by atoms with van der Waals surface area (Å²) in [5, 5.41) is 4.05. The van der Waals surface area contributed by atoms with E-state index in [0.29, 0.717) is 18.8 Å². The smallest absolute Gasteiger partial charge is 0.410 e. The topological polar surface area (TPSA) is 81.5 Å². The number of hydrogen-bond donors (Lipinski definition) is 0. The fraction of sp³-hybridized carbons (Fsp3) is 0.667. The Kier molecular flexibility index (Phi) is 3.53. The molecule has 1 aliphatic rings. The molecule has 0 radical (unpaired) electrons. The number of rotatable bonds is 1. The number of nitrogens with zero attached hydrogens (tertiary/aromatic N) is 3. The first-order chi connectivity index (χ1) is 9.08. The van der Waals surface area contributed by atoms with Gasteiger partial charge in [-0.15, -0.1) is 0 Å². The summed E-state index contributed by atoms with van der Waals surface area (Å²) in [7, 11) is -3.35. The van der Waals surface area contributed by atoms with E-state index < -0.39 is 21.5 Å². The Hall–Kier alpha value is -1.57. The normalized spacial score (nSPS) is 15.9. The maximum Gasteiger partial charge on any atom is 0.410 e. The van der Waals surface area contributed by atoms with E-state index in [0.717, 1.165) is 6.26 Å². The second kappa shape index (κ2) is 4.76.